The number of benzene rings is 1. The van der Waals surface area contributed by atoms with Gasteiger partial charge in [-0.1, -0.05) is 12.1 Å². The van der Waals surface area contributed by atoms with Crippen LogP contribution in [-0.2, 0) is 11.3 Å². The standard InChI is InChI=1S/C16H23NO3/c1-11-9-13(6-7-15(11)20-3)10-17-8-4-5-14(12(17)2)16(18)19/h6-7,9,12,14H,4-5,8,10H2,1-3H3,(H,18,19)/t12-,14-/m0/s1. The van der Waals surface area contributed by atoms with Crippen LogP contribution in [-0.4, -0.2) is 35.7 Å². The summed E-state index contributed by atoms with van der Waals surface area (Å²) >= 11 is 0. The number of carbonyl (C=O) groups is 1. The van der Waals surface area contributed by atoms with E-state index in [2.05, 4.69) is 17.0 Å². The van der Waals surface area contributed by atoms with E-state index >= 15 is 0 Å². The molecule has 1 fully saturated rings. The Balaban J connectivity index is 2.09. The summed E-state index contributed by atoms with van der Waals surface area (Å²) in [6, 6.07) is 6.25. The van der Waals surface area contributed by atoms with Crippen LogP contribution in [0.25, 0.3) is 0 Å². The fraction of sp³-hybridized carbons (Fsp3) is 0.562. The lowest BCUT2D eigenvalue weighted by atomic mass is 9.90. The molecule has 2 atom stereocenters. The number of nitrogens with zero attached hydrogens (tertiary/aromatic N) is 1. The molecule has 1 saturated heterocycles. The van der Waals surface area contributed by atoms with Crippen LogP contribution in [0.15, 0.2) is 18.2 Å². The van der Waals surface area contributed by atoms with E-state index in [1.807, 2.05) is 19.9 Å². The van der Waals surface area contributed by atoms with Crippen LogP contribution in [0.1, 0.15) is 30.9 Å². The number of piperidine rings is 1. The van der Waals surface area contributed by atoms with Gasteiger partial charge < -0.3 is 9.84 Å². The molecule has 0 amide bonds. The van der Waals surface area contributed by atoms with Crippen LogP contribution in [0.3, 0.4) is 0 Å². The number of carboxylic acid groups (broad SMARTS) is 1. The second-order valence-electron chi connectivity index (χ2n) is 5.60. The quantitative estimate of drug-likeness (QED) is 0.919. The van der Waals surface area contributed by atoms with Crippen LogP contribution < -0.4 is 4.74 Å². The molecule has 0 unspecified atom stereocenters. The smallest absolute Gasteiger partial charge is 0.308 e. The summed E-state index contributed by atoms with van der Waals surface area (Å²) in [6.45, 7) is 5.82. The summed E-state index contributed by atoms with van der Waals surface area (Å²) in [6.07, 6.45) is 1.74. The van der Waals surface area contributed by atoms with Gasteiger partial charge in [0, 0.05) is 12.6 Å². The Morgan fingerprint density at radius 2 is 2.25 bits per heavy atom. The lowest BCUT2D eigenvalue weighted by Gasteiger charge is -2.37. The summed E-state index contributed by atoms with van der Waals surface area (Å²) in [7, 11) is 1.67. The third-order valence-corrected chi connectivity index (χ3v) is 4.28. The van der Waals surface area contributed by atoms with Crippen molar-refractivity contribution in [3.63, 3.8) is 0 Å². The van der Waals surface area contributed by atoms with E-state index in [-0.39, 0.29) is 12.0 Å². The van der Waals surface area contributed by atoms with Crippen molar-refractivity contribution >= 4 is 5.97 Å². The molecule has 110 valence electrons. The van der Waals surface area contributed by atoms with Gasteiger partial charge in [0.05, 0.1) is 13.0 Å². The van der Waals surface area contributed by atoms with Gasteiger partial charge in [-0.3, -0.25) is 9.69 Å². The molecule has 0 radical (unpaired) electrons. The van der Waals surface area contributed by atoms with Crippen molar-refractivity contribution < 1.29 is 14.6 Å². The van der Waals surface area contributed by atoms with Crippen LogP contribution >= 0.6 is 0 Å². The van der Waals surface area contributed by atoms with E-state index in [1.54, 1.807) is 7.11 Å². The highest BCUT2D eigenvalue weighted by Gasteiger charge is 2.32. The number of aliphatic carboxylic acids is 1. The topological polar surface area (TPSA) is 49.8 Å². The maximum atomic E-state index is 11.3. The molecule has 1 aromatic carbocycles. The Morgan fingerprint density at radius 3 is 2.85 bits per heavy atom. The molecule has 1 heterocycles. The Morgan fingerprint density at radius 1 is 1.50 bits per heavy atom. The number of aryl methyl sites for hydroxylation is 1. The molecule has 0 aromatic heterocycles. The fourth-order valence-corrected chi connectivity index (χ4v) is 3.04. The molecule has 1 aliphatic heterocycles. The normalized spacial score (nSPS) is 23.6. The van der Waals surface area contributed by atoms with Gasteiger partial charge in [0.25, 0.3) is 0 Å². The third kappa shape index (κ3) is 3.12. The van der Waals surface area contributed by atoms with Crippen molar-refractivity contribution in [2.24, 2.45) is 5.92 Å². The zero-order valence-corrected chi connectivity index (χ0v) is 12.4. The van der Waals surface area contributed by atoms with E-state index in [0.29, 0.717) is 0 Å². The zero-order chi connectivity index (χ0) is 14.7. The van der Waals surface area contributed by atoms with E-state index in [0.717, 1.165) is 37.2 Å². The van der Waals surface area contributed by atoms with Crippen molar-refractivity contribution in [2.45, 2.75) is 39.3 Å². The zero-order valence-electron chi connectivity index (χ0n) is 12.4. The maximum Gasteiger partial charge on any atom is 0.308 e. The minimum absolute atomic E-state index is 0.0867. The molecule has 4 nitrogen and oxygen atoms in total. The van der Waals surface area contributed by atoms with Gasteiger partial charge in [-0.05, 0) is 50.4 Å². The van der Waals surface area contributed by atoms with E-state index in [1.165, 1.54) is 5.56 Å². The van der Waals surface area contributed by atoms with E-state index in [9.17, 15) is 9.90 Å². The highest BCUT2D eigenvalue weighted by atomic mass is 16.5. The molecule has 2 rings (SSSR count). The van der Waals surface area contributed by atoms with Crippen molar-refractivity contribution in [2.75, 3.05) is 13.7 Å². The predicted molar refractivity (Wildman–Crippen MR) is 78.0 cm³/mol. The molecule has 0 aliphatic carbocycles. The molecule has 0 spiro atoms. The molecular weight excluding hydrogens is 254 g/mol. The van der Waals surface area contributed by atoms with Gasteiger partial charge in [0.1, 0.15) is 5.75 Å². The Kier molecular flexibility index (Phi) is 4.65. The second kappa shape index (κ2) is 6.27. The summed E-state index contributed by atoms with van der Waals surface area (Å²) < 4.78 is 5.27. The van der Waals surface area contributed by atoms with Crippen LogP contribution in [0.5, 0.6) is 5.75 Å². The summed E-state index contributed by atoms with van der Waals surface area (Å²) in [4.78, 5) is 13.5. The first-order chi connectivity index (χ1) is 9.52. The third-order valence-electron chi connectivity index (χ3n) is 4.28. The molecule has 20 heavy (non-hydrogen) atoms. The first-order valence-electron chi connectivity index (χ1n) is 7.13. The minimum atomic E-state index is -0.673. The van der Waals surface area contributed by atoms with E-state index in [4.69, 9.17) is 4.74 Å². The van der Waals surface area contributed by atoms with Gasteiger partial charge in [0.2, 0.25) is 0 Å². The second-order valence-corrected chi connectivity index (χ2v) is 5.60. The molecule has 1 aromatic rings. The number of hydrogen-bond donors (Lipinski definition) is 1. The molecule has 1 N–H and O–H groups in total. The average Bonchev–Trinajstić information content (AvgIpc) is 2.41. The Hall–Kier alpha value is -1.55. The van der Waals surface area contributed by atoms with Crippen LogP contribution in [0.4, 0.5) is 0 Å². The highest BCUT2D eigenvalue weighted by Crippen LogP contribution is 2.26. The first kappa shape index (κ1) is 14.9. The van der Waals surface area contributed by atoms with Gasteiger partial charge >= 0.3 is 5.97 Å². The van der Waals surface area contributed by atoms with Crippen LogP contribution in [0.2, 0.25) is 0 Å². The lowest BCUT2D eigenvalue weighted by molar-refractivity contribution is -0.145. The van der Waals surface area contributed by atoms with Gasteiger partial charge in [-0.2, -0.15) is 0 Å². The van der Waals surface area contributed by atoms with Gasteiger partial charge in [-0.15, -0.1) is 0 Å². The maximum absolute atomic E-state index is 11.3. The molecule has 4 heteroatoms. The SMILES string of the molecule is COc1ccc(CN2CCC[C@H](C(=O)O)[C@@H]2C)cc1C. The highest BCUT2D eigenvalue weighted by molar-refractivity contribution is 5.71. The molecule has 0 saturated carbocycles. The predicted octanol–water partition coefficient (Wildman–Crippen LogP) is 2.69. The summed E-state index contributed by atoms with van der Waals surface area (Å²) in [5, 5.41) is 9.26. The number of carboxylic acids is 1. The number of ether oxygens (including phenoxy) is 1. The molecule has 0 bridgehead atoms. The average molecular weight is 277 g/mol. The monoisotopic (exact) mass is 277 g/mol. The van der Waals surface area contributed by atoms with Gasteiger partial charge in [0.15, 0.2) is 0 Å². The Bertz CT molecular complexity index is 487. The largest absolute Gasteiger partial charge is 0.496 e. The summed E-state index contributed by atoms with van der Waals surface area (Å²) in [5.74, 6) is -0.0277. The number of methoxy groups -OCH3 is 1. The summed E-state index contributed by atoms with van der Waals surface area (Å²) in [5.41, 5.74) is 2.32. The van der Waals surface area contributed by atoms with Gasteiger partial charge in [-0.25, -0.2) is 0 Å². The number of likely N-dealkylation sites (tertiary alicyclic amines) is 1. The van der Waals surface area contributed by atoms with Crippen molar-refractivity contribution in [1.82, 2.24) is 4.90 Å². The molecular formula is C16H23NO3. The van der Waals surface area contributed by atoms with Crippen molar-refractivity contribution in [3.8, 4) is 5.75 Å². The molecule has 1 aliphatic rings. The fourth-order valence-electron chi connectivity index (χ4n) is 3.04. The Labute approximate surface area is 120 Å². The van der Waals surface area contributed by atoms with Crippen molar-refractivity contribution in [3.05, 3.63) is 29.3 Å². The van der Waals surface area contributed by atoms with Crippen molar-refractivity contribution in [1.29, 1.82) is 0 Å². The first-order valence-corrected chi connectivity index (χ1v) is 7.13. The van der Waals surface area contributed by atoms with E-state index < -0.39 is 5.97 Å². The van der Waals surface area contributed by atoms with Crippen LogP contribution in [0, 0.1) is 12.8 Å². The minimum Gasteiger partial charge on any atom is -0.496 e. The number of hydrogen-bond acceptors (Lipinski definition) is 3. The number of rotatable bonds is 4. The lowest BCUT2D eigenvalue weighted by Crippen LogP contribution is -2.45.